The molecule has 0 radical (unpaired) electrons. The summed E-state index contributed by atoms with van der Waals surface area (Å²) in [5.74, 6) is 2.95. The number of rotatable bonds is 11. The molecule has 250 valence electrons. The monoisotopic (exact) mass is 668 g/mol. The summed E-state index contributed by atoms with van der Waals surface area (Å²) in [7, 11) is 0. The molecule has 0 bridgehead atoms. The molecule has 0 amide bonds. The number of hydrogen-bond acceptors (Lipinski definition) is 8. The topological polar surface area (TPSA) is 118 Å². The summed E-state index contributed by atoms with van der Waals surface area (Å²) in [6.07, 6.45) is 16.3. The summed E-state index contributed by atoms with van der Waals surface area (Å²) in [5.41, 5.74) is 6.97. The second-order valence-electron chi connectivity index (χ2n) is 11.1. The molecule has 6 rings (SSSR count). The number of ether oxygens (including phenoxy) is 2. The first-order valence-electron chi connectivity index (χ1n) is 16.5. The lowest BCUT2D eigenvalue weighted by Gasteiger charge is -2.06. The van der Waals surface area contributed by atoms with Gasteiger partial charge in [0.1, 0.15) is 24.7 Å². The van der Waals surface area contributed by atoms with Crippen LogP contribution in [0.3, 0.4) is 0 Å². The Hall–Kier alpha value is -6.90. The van der Waals surface area contributed by atoms with Gasteiger partial charge in [-0.1, -0.05) is 55.5 Å². The predicted molar refractivity (Wildman–Crippen MR) is 200 cm³/mol. The largest absolute Gasteiger partial charge is 0.490 e. The van der Waals surface area contributed by atoms with Gasteiger partial charge in [0.05, 0.1) is 23.3 Å². The molecule has 0 aliphatic carbocycles. The second-order valence-corrected chi connectivity index (χ2v) is 11.1. The summed E-state index contributed by atoms with van der Waals surface area (Å²) >= 11 is 0. The van der Waals surface area contributed by atoms with E-state index in [-0.39, 0.29) is 0 Å². The summed E-state index contributed by atoms with van der Waals surface area (Å²) in [4.78, 5) is 17.7. The molecular weight excluding hydrogens is 633 g/mol. The van der Waals surface area contributed by atoms with E-state index in [1.165, 1.54) is 0 Å². The maximum atomic E-state index is 8.86. The van der Waals surface area contributed by atoms with E-state index in [1.54, 1.807) is 49.1 Å². The van der Waals surface area contributed by atoms with Crippen LogP contribution in [0.2, 0.25) is 0 Å². The normalized spacial score (nSPS) is 10.6. The summed E-state index contributed by atoms with van der Waals surface area (Å²) in [6, 6.07) is 34.4. The highest BCUT2D eigenvalue weighted by atomic mass is 16.5. The molecule has 0 unspecified atom stereocenters. The van der Waals surface area contributed by atoms with Gasteiger partial charge in [-0.05, 0) is 97.3 Å². The van der Waals surface area contributed by atoms with Crippen LogP contribution >= 0.6 is 0 Å². The zero-order chi connectivity index (χ0) is 35.7. The van der Waals surface area contributed by atoms with Gasteiger partial charge in [0.25, 0.3) is 0 Å². The van der Waals surface area contributed by atoms with Crippen molar-refractivity contribution in [2.45, 2.75) is 20.3 Å². The maximum Gasteiger partial charge on any atom is 0.159 e. The maximum absolute atomic E-state index is 8.86. The van der Waals surface area contributed by atoms with Gasteiger partial charge in [0.2, 0.25) is 0 Å². The number of benzene rings is 4. The molecule has 0 fully saturated rings. The van der Waals surface area contributed by atoms with E-state index in [4.69, 9.17) is 20.0 Å². The fourth-order valence-corrected chi connectivity index (χ4v) is 4.75. The van der Waals surface area contributed by atoms with Crippen LogP contribution < -0.4 is 9.47 Å². The predicted octanol–water partition coefficient (Wildman–Crippen LogP) is 9.66. The molecule has 0 aliphatic rings. The van der Waals surface area contributed by atoms with Crippen molar-refractivity contribution in [1.29, 1.82) is 10.5 Å². The minimum absolute atomic E-state index is 0.568. The van der Waals surface area contributed by atoms with E-state index in [2.05, 4.69) is 45.1 Å². The zero-order valence-corrected chi connectivity index (χ0v) is 28.5. The third-order valence-corrected chi connectivity index (χ3v) is 7.55. The lowest BCUT2D eigenvalue weighted by molar-refractivity contribution is 0.362. The van der Waals surface area contributed by atoms with Gasteiger partial charge >= 0.3 is 0 Å². The molecule has 0 aliphatic heterocycles. The highest BCUT2D eigenvalue weighted by Crippen LogP contribution is 2.25. The number of nitrogens with zero attached hydrogens (tertiary/aromatic N) is 6. The SMILES string of the molecule is CC=CCOc1ccc(-c2cnc(-c3ccc(C#N)cc3)nc2)cc1.CCC=CCOc1ccc(-c2cnc(-c3ccc(C#N)cc3)nc2)cc1. The summed E-state index contributed by atoms with van der Waals surface area (Å²) in [6.45, 7) is 5.21. The molecule has 2 heterocycles. The van der Waals surface area contributed by atoms with Crippen molar-refractivity contribution < 1.29 is 9.47 Å². The van der Waals surface area contributed by atoms with Crippen molar-refractivity contribution >= 4 is 0 Å². The van der Waals surface area contributed by atoms with Gasteiger partial charge in [-0.3, -0.25) is 0 Å². The Balaban J connectivity index is 0.000000198. The molecule has 6 aromatic rings. The molecule has 8 nitrogen and oxygen atoms in total. The second kappa shape index (κ2) is 18.6. The van der Waals surface area contributed by atoms with E-state index >= 15 is 0 Å². The van der Waals surface area contributed by atoms with Crippen LogP contribution in [-0.4, -0.2) is 33.1 Å². The van der Waals surface area contributed by atoms with Crippen molar-refractivity contribution in [3.8, 4) is 68.7 Å². The molecule has 0 saturated carbocycles. The first-order chi connectivity index (χ1) is 25.1. The molecule has 4 aromatic carbocycles. The van der Waals surface area contributed by atoms with E-state index in [9.17, 15) is 0 Å². The third kappa shape index (κ3) is 10.3. The van der Waals surface area contributed by atoms with E-state index in [0.717, 1.165) is 51.3 Å². The highest BCUT2D eigenvalue weighted by Gasteiger charge is 2.06. The van der Waals surface area contributed by atoms with Gasteiger partial charge in [-0.25, -0.2) is 19.9 Å². The molecule has 0 N–H and O–H groups in total. The first kappa shape index (κ1) is 35.4. The van der Waals surface area contributed by atoms with E-state index in [0.29, 0.717) is 36.0 Å². The van der Waals surface area contributed by atoms with Crippen LogP contribution in [-0.2, 0) is 0 Å². The number of nitriles is 2. The van der Waals surface area contributed by atoms with Gasteiger partial charge in [-0.2, -0.15) is 10.5 Å². The van der Waals surface area contributed by atoms with Gasteiger partial charge in [-0.15, -0.1) is 0 Å². The van der Waals surface area contributed by atoms with Crippen LogP contribution in [0.15, 0.2) is 146 Å². The number of hydrogen-bond donors (Lipinski definition) is 0. The molecule has 51 heavy (non-hydrogen) atoms. The van der Waals surface area contributed by atoms with Gasteiger partial charge < -0.3 is 9.47 Å². The van der Waals surface area contributed by atoms with E-state index < -0.39 is 0 Å². The van der Waals surface area contributed by atoms with Gasteiger partial charge in [0.15, 0.2) is 11.6 Å². The molecule has 0 atom stereocenters. The summed E-state index contributed by atoms with van der Waals surface area (Å²) < 4.78 is 11.2. The molecule has 2 aromatic heterocycles. The highest BCUT2D eigenvalue weighted by molar-refractivity contribution is 5.66. The minimum Gasteiger partial charge on any atom is -0.490 e. The molecular formula is C43H36N6O2. The number of aromatic nitrogens is 4. The fraction of sp³-hybridized carbons (Fsp3) is 0.116. The van der Waals surface area contributed by atoms with Crippen LogP contribution in [0, 0.1) is 22.7 Å². The van der Waals surface area contributed by atoms with Crippen LogP contribution in [0.25, 0.3) is 45.0 Å². The molecule has 0 saturated heterocycles. The number of allylic oxidation sites excluding steroid dienone is 2. The van der Waals surface area contributed by atoms with Crippen LogP contribution in [0.1, 0.15) is 31.4 Å². The fourth-order valence-electron chi connectivity index (χ4n) is 4.75. The van der Waals surface area contributed by atoms with Crippen molar-refractivity contribution in [3.05, 3.63) is 157 Å². The Bertz CT molecular complexity index is 2110. The Morgan fingerprint density at radius 3 is 1.22 bits per heavy atom. The van der Waals surface area contributed by atoms with Crippen LogP contribution in [0.4, 0.5) is 0 Å². The van der Waals surface area contributed by atoms with Crippen molar-refractivity contribution in [3.63, 3.8) is 0 Å². The average molecular weight is 669 g/mol. The lowest BCUT2D eigenvalue weighted by Crippen LogP contribution is -1.93. The Kier molecular flexibility index (Phi) is 12.9. The standard InChI is InChI=1S/C22H19N3O.C21H17N3O/c1-2-3-4-13-26-21-11-9-18(10-12-21)20-15-24-22(25-16-20)19-7-5-17(14-23)6-8-19;1-2-3-12-25-20-10-8-17(9-11-20)19-14-23-21(24-15-19)18-6-4-16(13-22)5-7-18/h3-12,15-16H,2,13H2,1H3;2-11,14-15H,12H2,1H3. The minimum atomic E-state index is 0.568. The van der Waals surface area contributed by atoms with Crippen molar-refractivity contribution in [2.24, 2.45) is 0 Å². The Morgan fingerprint density at radius 1 is 0.490 bits per heavy atom. The van der Waals surface area contributed by atoms with E-state index in [1.807, 2.05) is 97.9 Å². The Morgan fingerprint density at radius 2 is 0.863 bits per heavy atom. The quantitative estimate of drug-likeness (QED) is 0.125. The molecule has 8 heteroatoms. The smallest absolute Gasteiger partial charge is 0.159 e. The van der Waals surface area contributed by atoms with Crippen molar-refractivity contribution in [1.82, 2.24) is 19.9 Å². The summed E-state index contributed by atoms with van der Waals surface area (Å²) in [5, 5.41) is 17.7. The third-order valence-electron chi connectivity index (χ3n) is 7.55. The van der Waals surface area contributed by atoms with Crippen molar-refractivity contribution in [2.75, 3.05) is 13.2 Å². The zero-order valence-electron chi connectivity index (χ0n) is 28.5. The Labute approximate surface area is 298 Å². The lowest BCUT2D eigenvalue weighted by atomic mass is 10.1. The molecule has 0 spiro atoms. The first-order valence-corrected chi connectivity index (χ1v) is 16.5. The van der Waals surface area contributed by atoms with Crippen LogP contribution in [0.5, 0.6) is 11.5 Å². The van der Waals surface area contributed by atoms with Gasteiger partial charge in [0, 0.05) is 47.0 Å². The average Bonchev–Trinajstić information content (AvgIpc) is 3.21.